The van der Waals surface area contributed by atoms with Crippen LogP contribution in [0.1, 0.15) is 52.0 Å². The molecule has 7 heteroatoms. The fourth-order valence-electron chi connectivity index (χ4n) is 1.22. The van der Waals surface area contributed by atoms with Crippen molar-refractivity contribution in [3.05, 3.63) is 11.9 Å². The lowest BCUT2D eigenvalue weighted by molar-refractivity contribution is 0.00631. The van der Waals surface area contributed by atoms with Gasteiger partial charge in [0.25, 0.3) is 0 Å². The number of amides is 1. The number of ether oxygens (including phenoxy) is 2. The summed E-state index contributed by atoms with van der Waals surface area (Å²) in [5.41, 5.74) is -1.12. The first kappa shape index (κ1) is 16.0. The number of nitrogens with zero attached hydrogens (tertiary/aromatic N) is 1. The van der Waals surface area contributed by atoms with Gasteiger partial charge in [-0.1, -0.05) is 0 Å². The predicted octanol–water partition coefficient (Wildman–Crippen LogP) is 2.71. The van der Waals surface area contributed by atoms with Gasteiger partial charge >= 0.3 is 12.1 Å². The highest BCUT2D eigenvalue weighted by Gasteiger charge is 2.21. The fourth-order valence-corrected chi connectivity index (χ4v) is 1.22. The van der Waals surface area contributed by atoms with E-state index in [4.69, 9.17) is 9.47 Å². The van der Waals surface area contributed by atoms with E-state index in [0.717, 1.165) is 0 Å². The molecule has 112 valence electrons. The van der Waals surface area contributed by atoms with Gasteiger partial charge in [0.15, 0.2) is 5.69 Å². The molecule has 0 saturated heterocycles. The maximum atomic E-state index is 11.7. The molecule has 20 heavy (non-hydrogen) atoms. The number of nitrogens with one attached hydrogen (secondary N) is 2. The second-order valence-electron chi connectivity index (χ2n) is 6.26. The van der Waals surface area contributed by atoms with Crippen LogP contribution in [-0.4, -0.2) is 33.2 Å². The number of hydrogen-bond donors (Lipinski definition) is 2. The average molecular weight is 283 g/mol. The van der Waals surface area contributed by atoms with Crippen LogP contribution in [0.4, 0.5) is 10.7 Å². The number of anilines is 1. The summed E-state index contributed by atoms with van der Waals surface area (Å²) < 4.78 is 10.2. The Bertz CT molecular complexity index is 494. The number of H-pyrrole nitrogens is 1. The largest absolute Gasteiger partial charge is 0.455 e. The van der Waals surface area contributed by atoms with Crippen LogP contribution >= 0.6 is 0 Å². The summed E-state index contributed by atoms with van der Waals surface area (Å²) >= 11 is 0. The van der Waals surface area contributed by atoms with Crippen molar-refractivity contribution in [2.24, 2.45) is 0 Å². The van der Waals surface area contributed by atoms with Gasteiger partial charge in [-0.25, -0.2) is 14.6 Å². The van der Waals surface area contributed by atoms with Crippen molar-refractivity contribution >= 4 is 18.0 Å². The van der Waals surface area contributed by atoms with Gasteiger partial charge in [-0.2, -0.15) is 0 Å². The standard InChI is InChI=1S/C13H21N3O4/c1-12(2,3)19-9(17)8-7-14-10(15-8)16-11(18)20-13(4,5)6/h7H,1-6H3,(H2,14,15,16,18). The van der Waals surface area contributed by atoms with Crippen molar-refractivity contribution in [2.45, 2.75) is 52.7 Å². The first-order chi connectivity index (χ1) is 8.96. The van der Waals surface area contributed by atoms with Crippen molar-refractivity contribution in [2.75, 3.05) is 5.32 Å². The fraction of sp³-hybridized carbons (Fsp3) is 0.615. The molecular weight excluding hydrogens is 262 g/mol. The second-order valence-corrected chi connectivity index (χ2v) is 6.26. The highest BCUT2D eigenvalue weighted by molar-refractivity contribution is 5.89. The Kier molecular flexibility index (Phi) is 4.42. The third-order valence-corrected chi connectivity index (χ3v) is 1.81. The Morgan fingerprint density at radius 1 is 1.10 bits per heavy atom. The van der Waals surface area contributed by atoms with E-state index in [9.17, 15) is 9.59 Å². The molecule has 0 aromatic carbocycles. The molecule has 1 aromatic heterocycles. The highest BCUT2D eigenvalue weighted by atomic mass is 16.6. The van der Waals surface area contributed by atoms with E-state index in [1.54, 1.807) is 41.5 Å². The molecule has 0 bridgehead atoms. The van der Waals surface area contributed by atoms with Crippen LogP contribution in [0, 0.1) is 0 Å². The predicted molar refractivity (Wildman–Crippen MR) is 73.6 cm³/mol. The van der Waals surface area contributed by atoms with Crippen molar-refractivity contribution in [3.63, 3.8) is 0 Å². The number of hydrogen-bond acceptors (Lipinski definition) is 5. The molecule has 0 saturated carbocycles. The van der Waals surface area contributed by atoms with Crippen molar-refractivity contribution < 1.29 is 19.1 Å². The quantitative estimate of drug-likeness (QED) is 0.814. The van der Waals surface area contributed by atoms with Crippen LogP contribution in [0.2, 0.25) is 0 Å². The molecule has 0 fully saturated rings. The van der Waals surface area contributed by atoms with Gasteiger partial charge < -0.3 is 14.5 Å². The van der Waals surface area contributed by atoms with Crippen molar-refractivity contribution in [1.29, 1.82) is 0 Å². The molecular formula is C13H21N3O4. The Morgan fingerprint density at radius 2 is 1.65 bits per heavy atom. The van der Waals surface area contributed by atoms with E-state index in [1.165, 1.54) is 6.20 Å². The van der Waals surface area contributed by atoms with Crippen LogP contribution in [-0.2, 0) is 9.47 Å². The van der Waals surface area contributed by atoms with E-state index in [0.29, 0.717) is 0 Å². The van der Waals surface area contributed by atoms with Gasteiger partial charge in [0.2, 0.25) is 5.95 Å². The minimum absolute atomic E-state index is 0.0889. The molecule has 0 atom stereocenters. The minimum atomic E-state index is -0.650. The second kappa shape index (κ2) is 5.52. The van der Waals surface area contributed by atoms with Gasteiger partial charge in [-0.05, 0) is 41.5 Å². The first-order valence-electron chi connectivity index (χ1n) is 6.25. The number of aromatic nitrogens is 2. The molecule has 0 aliphatic heterocycles. The van der Waals surface area contributed by atoms with Crippen LogP contribution in [0.15, 0.2) is 6.20 Å². The molecule has 0 radical (unpaired) electrons. The van der Waals surface area contributed by atoms with E-state index in [-0.39, 0.29) is 11.6 Å². The van der Waals surface area contributed by atoms with Gasteiger partial charge in [0.05, 0.1) is 0 Å². The van der Waals surface area contributed by atoms with Crippen LogP contribution in [0.25, 0.3) is 0 Å². The summed E-state index contributed by atoms with van der Waals surface area (Å²) in [6.45, 7) is 10.5. The zero-order chi connectivity index (χ0) is 15.6. The maximum absolute atomic E-state index is 11.7. The molecule has 1 heterocycles. The number of carbonyl (C=O) groups excluding carboxylic acids is 2. The Hall–Kier alpha value is -2.05. The van der Waals surface area contributed by atoms with Crippen LogP contribution < -0.4 is 5.32 Å². The third kappa shape index (κ3) is 5.73. The van der Waals surface area contributed by atoms with Crippen molar-refractivity contribution in [1.82, 2.24) is 9.97 Å². The zero-order valence-electron chi connectivity index (χ0n) is 12.7. The molecule has 0 aliphatic rings. The van der Waals surface area contributed by atoms with Gasteiger partial charge in [0, 0.05) is 6.20 Å². The van der Waals surface area contributed by atoms with Crippen LogP contribution in [0.5, 0.6) is 0 Å². The molecule has 0 unspecified atom stereocenters. The number of esters is 1. The number of aromatic amines is 1. The van der Waals surface area contributed by atoms with Gasteiger partial charge in [-0.15, -0.1) is 0 Å². The molecule has 1 amide bonds. The smallest absolute Gasteiger partial charge is 0.414 e. The normalized spacial score (nSPS) is 11.9. The topological polar surface area (TPSA) is 93.3 Å². The lowest BCUT2D eigenvalue weighted by Gasteiger charge is -2.19. The summed E-state index contributed by atoms with van der Waals surface area (Å²) in [7, 11) is 0. The summed E-state index contributed by atoms with van der Waals surface area (Å²) in [5, 5.41) is 2.40. The monoisotopic (exact) mass is 283 g/mol. The molecule has 0 aliphatic carbocycles. The SMILES string of the molecule is CC(C)(C)OC(=O)Nc1nc(C(=O)OC(C)(C)C)c[nH]1. The Morgan fingerprint density at radius 3 is 2.15 bits per heavy atom. The van der Waals surface area contributed by atoms with Crippen LogP contribution in [0.3, 0.4) is 0 Å². The summed E-state index contributed by atoms with van der Waals surface area (Å²) in [5.74, 6) is -0.439. The Labute approximate surface area is 118 Å². The molecule has 7 nitrogen and oxygen atoms in total. The lowest BCUT2D eigenvalue weighted by atomic mass is 10.2. The molecule has 0 spiro atoms. The number of carbonyl (C=O) groups is 2. The van der Waals surface area contributed by atoms with E-state index in [2.05, 4.69) is 15.3 Å². The zero-order valence-corrected chi connectivity index (χ0v) is 12.7. The summed E-state index contributed by atoms with van der Waals surface area (Å²) in [6.07, 6.45) is 0.711. The molecule has 1 aromatic rings. The van der Waals surface area contributed by atoms with E-state index >= 15 is 0 Å². The average Bonchev–Trinajstić information content (AvgIpc) is 2.59. The highest BCUT2D eigenvalue weighted by Crippen LogP contribution is 2.13. The molecule has 2 N–H and O–H groups in total. The number of rotatable bonds is 2. The molecule has 1 rings (SSSR count). The first-order valence-corrected chi connectivity index (χ1v) is 6.25. The van der Waals surface area contributed by atoms with Gasteiger partial charge in [0.1, 0.15) is 11.2 Å². The van der Waals surface area contributed by atoms with E-state index in [1.807, 2.05) is 0 Å². The summed E-state index contributed by atoms with van der Waals surface area (Å²) in [6, 6.07) is 0. The number of imidazole rings is 1. The van der Waals surface area contributed by atoms with Gasteiger partial charge in [-0.3, -0.25) is 5.32 Å². The summed E-state index contributed by atoms with van der Waals surface area (Å²) in [4.78, 5) is 29.9. The Balaban J connectivity index is 2.64. The lowest BCUT2D eigenvalue weighted by Crippen LogP contribution is -2.27. The third-order valence-electron chi connectivity index (χ3n) is 1.81. The van der Waals surface area contributed by atoms with E-state index < -0.39 is 23.3 Å². The van der Waals surface area contributed by atoms with Crippen molar-refractivity contribution in [3.8, 4) is 0 Å². The maximum Gasteiger partial charge on any atom is 0.414 e. The minimum Gasteiger partial charge on any atom is -0.455 e.